The first-order valence-corrected chi connectivity index (χ1v) is 6.97. The van der Waals surface area contributed by atoms with Crippen molar-refractivity contribution in [2.75, 3.05) is 0 Å². The van der Waals surface area contributed by atoms with Crippen LogP contribution >= 0.6 is 27.7 Å². The van der Waals surface area contributed by atoms with Crippen molar-refractivity contribution >= 4 is 34.0 Å². The first kappa shape index (κ1) is 15.1. The number of rotatable bonds is 3. The molecule has 104 valence electrons. The van der Waals surface area contributed by atoms with Crippen molar-refractivity contribution in [3.05, 3.63) is 52.1 Å². The highest BCUT2D eigenvalue weighted by molar-refractivity contribution is 9.10. The number of carbonyl (C=O) groups excluding carboxylic acids is 1. The predicted molar refractivity (Wildman–Crippen MR) is 72.9 cm³/mol. The van der Waals surface area contributed by atoms with Gasteiger partial charge in [0.2, 0.25) is 0 Å². The molecule has 1 aromatic heterocycles. The Morgan fingerprint density at radius 2 is 1.95 bits per heavy atom. The SMILES string of the molecule is O=Cc1ccc(Sc2ccc(Br)cn2)cc1C(F)(F)F. The molecule has 0 radical (unpaired) electrons. The number of halogens is 4. The molecule has 7 heteroatoms. The van der Waals surface area contributed by atoms with E-state index >= 15 is 0 Å². The molecule has 1 heterocycles. The lowest BCUT2D eigenvalue weighted by atomic mass is 10.1. The summed E-state index contributed by atoms with van der Waals surface area (Å²) < 4.78 is 39.2. The summed E-state index contributed by atoms with van der Waals surface area (Å²) in [5, 5.41) is 0.570. The maximum absolute atomic E-state index is 12.8. The van der Waals surface area contributed by atoms with Gasteiger partial charge in [0.1, 0.15) is 5.03 Å². The van der Waals surface area contributed by atoms with E-state index in [4.69, 9.17) is 0 Å². The van der Waals surface area contributed by atoms with Crippen LogP contribution in [0.1, 0.15) is 15.9 Å². The van der Waals surface area contributed by atoms with Gasteiger partial charge in [-0.05, 0) is 46.3 Å². The molecular formula is C13H7BrF3NOS. The fraction of sp³-hybridized carbons (Fsp3) is 0.0769. The summed E-state index contributed by atoms with van der Waals surface area (Å²) in [6.45, 7) is 0. The van der Waals surface area contributed by atoms with Gasteiger partial charge in [-0.2, -0.15) is 13.2 Å². The Bertz CT molecular complexity index is 629. The molecule has 0 aliphatic carbocycles. The molecule has 0 atom stereocenters. The molecule has 0 bridgehead atoms. The molecule has 0 fully saturated rings. The number of nitrogens with zero attached hydrogens (tertiary/aromatic N) is 1. The van der Waals surface area contributed by atoms with Crippen molar-refractivity contribution < 1.29 is 18.0 Å². The zero-order valence-corrected chi connectivity index (χ0v) is 12.2. The number of benzene rings is 1. The molecule has 0 aliphatic rings. The second kappa shape index (κ2) is 5.97. The average molecular weight is 362 g/mol. The molecule has 1 aromatic carbocycles. The quantitative estimate of drug-likeness (QED) is 0.733. The fourth-order valence-electron chi connectivity index (χ4n) is 1.49. The Morgan fingerprint density at radius 1 is 1.20 bits per heavy atom. The zero-order chi connectivity index (χ0) is 14.8. The van der Waals surface area contributed by atoms with Crippen LogP contribution in [0, 0.1) is 0 Å². The molecule has 0 aliphatic heterocycles. The summed E-state index contributed by atoms with van der Waals surface area (Å²) in [6.07, 6.45) is -2.79. The van der Waals surface area contributed by atoms with Crippen molar-refractivity contribution in [2.45, 2.75) is 16.1 Å². The lowest BCUT2D eigenvalue weighted by Gasteiger charge is -2.11. The van der Waals surface area contributed by atoms with E-state index in [1.165, 1.54) is 6.07 Å². The topological polar surface area (TPSA) is 30.0 Å². The number of hydrogen-bond donors (Lipinski definition) is 0. The number of carbonyl (C=O) groups is 1. The van der Waals surface area contributed by atoms with E-state index in [1.54, 1.807) is 18.3 Å². The van der Waals surface area contributed by atoms with Crippen LogP contribution in [-0.2, 0) is 6.18 Å². The Morgan fingerprint density at radius 3 is 2.50 bits per heavy atom. The molecule has 2 rings (SSSR count). The van der Waals surface area contributed by atoms with Crippen molar-refractivity contribution in [1.29, 1.82) is 0 Å². The van der Waals surface area contributed by atoms with Gasteiger partial charge in [-0.1, -0.05) is 11.8 Å². The minimum Gasteiger partial charge on any atom is -0.298 e. The lowest BCUT2D eigenvalue weighted by molar-refractivity contribution is -0.138. The Labute approximate surface area is 125 Å². The molecular weight excluding hydrogens is 355 g/mol. The van der Waals surface area contributed by atoms with Crippen LogP contribution in [-0.4, -0.2) is 11.3 Å². The van der Waals surface area contributed by atoms with Crippen LogP contribution in [0.2, 0.25) is 0 Å². The van der Waals surface area contributed by atoms with Crippen molar-refractivity contribution in [3.8, 4) is 0 Å². The first-order chi connectivity index (χ1) is 9.40. The number of pyridine rings is 1. The van der Waals surface area contributed by atoms with Gasteiger partial charge in [-0.3, -0.25) is 4.79 Å². The second-order valence-electron chi connectivity index (χ2n) is 3.78. The monoisotopic (exact) mass is 361 g/mol. The normalized spacial score (nSPS) is 11.4. The van der Waals surface area contributed by atoms with Gasteiger partial charge in [-0.15, -0.1) is 0 Å². The predicted octanol–water partition coefficient (Wildman–Crippen LogP) is 4.83. The van der Waals surface area contributed by atoms with Gasteiger partial charge in [0.25, 0.3) is 0 Å². The van der Waals surface area contributed by atoms with E-state index in [0.717, 1.165) is 28.4 Å². The summed E-state index contributed by atoms with van der Waals surface area (Å²) in [7, 11) is 0. The third-order valence-electron chi connectivity index (χ3n) is 2.38. The van der Waals surface area contributed by atoms with E-state index in [2.05, 4.69) is 20.9 Å². The lowest BCUT2D eigenvalue weighted by Crippen LogP contribution is -2.08. The maximum atomic E-state index is 12.8. The van der Waals surface area contributed by atoms with Gasteiger partial charge in [-0.25, -0.2) is 4.98 Å². The van der Waals surface area contributed by atoms with E-state index in [0.29, 0.717) is 9.92 Å². The van der Waals surface area contributed by atoms with Crippen LogP contribution in [0.15, 0.2) is 50.9 Å². The minimum atomic E-state index is -4.56. The average Bonchev–Trinajstić information content (AvgIpc) is 2.40. The minimum absolute atomic E-state index is 0.204. The summed E-state index contributed by atoms with van der Waals surface area (Å²) in [5.74, 6) is 0. The molecule has 0 unspecified atom stereocenters. The Kier molecular flexibility index (Phi) is 4.49. The first-order valence-electron chi connectivity index (χ1n) is 5.36. The van der Waals surface area contributed by atoms with E-state index in [1.807, 2.05) is 0 Å². The molecule has 0 amide bonds. The molecule has 20 heavy (non-hydrogen) atoms. The van der Waals surface area contributed by atoms with Gasteiger partial charge in [0, 0.05) is 21.1 Å². The van der Waals surface area contributed by atoms with Crippen LogP contribution in [0.5, 0.6) is 0 Å². The van der Waals surface area contributed by atoms with Crippen LogP contribution in [0.3, 0.4) is 0 Å². The Hall–Kier alpha value is -1.34. The van der Waals surface area contributed by atoms with E-state index in [9.17, 15) is 18.0 Å². The van der Waals surface area contributed by atoms with Gasteiger partial charge in [0.15, 0.2) is 6.29 Å². The number of aldehydes is 1. The molecule has 0 saturated heterocycles. The highest BCUT2D eigenvalue weighted by Crippen LogP contribution is 2.35. The van der Waals surface area contributed by atoms with Crippen LogP contribution in [0.4, 0.5) is 13.2 Å². The molecule has 2 aromatic rings. The van der Waals surface area contributed by atoms with Gasteiger partial charge in [0.05, 0.1) is 5.56 Å². The summed E-state index contributed by atoms with van der Waals surface area (Å²) in [6, 6.07) is 7.03. The second-order valence-corrected chi connectivity index (χ2v) is 5.79. The molecule has 2 nitrogen and oxygen atoms in total. The highest BCUT2D eigenvalue weighted by Gasteiger charge is 2.33. The summed E-state index contributed by atoms with van der Waals surface area (Å²) in [4.78, 5) is 15.1. The van der Waals surface area contributed by atoms with Gasteiger partial charge < -0.3 is 0 Å². The fourth-order valence-corrected chi connectivity index (χ4v) is 2.52. The maximum Gasteiger partial charge on any atom is 0.417 e. The van der Waals surface area contributed by atoms with Gasteiger partial charge >= 0.3 is 6.18 Å². The smallest absolute Gasteiger partial charge is 0.298 e. The molecule has 0 N–H and O–H groups in total. The van der Waals surface area contributed by atoms with Crippen molar-refractivity contribution in [2.24, 2.45) is 0 Å². The largest absolute Gasteiger partial charge is 0.417 e. The molecule has 0 spiro atoms. The third kappa shape index (κ3) is 3.61. The van der Waals surface area contributed by atoms with Crippen molar-refractivity contribution in [3.63, 3.8) is 0 Å². The number of alkyl halides is 3. The van der Waals surface area contributed by atoms with Crippen LogP contribution < -0.4 is 0 Å². The molecule has 0 saturated carbocycles. The highest BCUT2D eigenvalue weighted by atomic mass is 79.9. The van der Waals surface area contributed by atoms with E-state index < -0.39 is 11.7 Å². The summed E-state index contributed by atoms with van der Waals surface area (Å²) in [5.41, 5.74) is -1.31. The standard InChI is InChI=1S/C13H7BrF3NOS/c14-9-2-4-12(18-6-9)20-10-3-1-8(7-19)11(5-10)13(15,16)17/h1-7H. The zero-order valence-electron chi connectivity index (χ0n) is 9.82. The van der Waals surface area contributed by atoms with Crippen molar-refractivity contribution in [1.82, 2.24) is 4.98 Å². The van der Waals surface area contributed by atoms with E-state index in [-0.39, 0.29) is 11.8 Å². The summed E-state index contributed by atoms with van der Waals surface area (Å²) >= 11 is 4.33. The number of aromatic nitrogens is 1. The Balaban J connectivity index is 2.34. The van der Waals surface area contributed by atoms with Crippen LogP contribution in [0.25, 0.3) is 0 Å². The number of hydrogen-bond acceptors (Lipinski definition) is 3. The third-order valence-corrected chi connectivity index (χ3v) is 3.79.